The summed E-state index contributed by atoms with van der Waals surface area (Å²) < 4.78 is 5.56. The summed E-state index contributed by atoms with van der Waals surface area (Å²) in [6.07, 6.45) is 3.69. The highest BCUT2D eigenvalue weighted by Crippen LogP contribution is 2.17. The van der Waals surface area contributed by atoms with Gasteiger partial charge in [0.1, 0.15) is 12.4 Å². The van der Waals surface area contributed by atoms with Crippen molar-refractivity contribution in [1.29, 1.82) is 0 Å². The van der Waals surface area contributed by atoms with Crippen molar-refractivity contribution in [2.24, 2.45) is 0 Å². The summed E-state index contributed by atoms with van der Waals surface area (Å²) in [6, 6.07) is 7.68. The third-order valence-electron chi connectivity index (χ3n) is 3.16. The normalized spacial score (nSPS) is 18.0. The molecule has 0 spiro atoms. The Kier molecular flexibility index (Phi) is 4.98. The Bertz CT molecular complexity index is 440. The van der Waals surface area contributed by atoms with Gasteiger partial charge in [-0.1, -0.05) is 30.9 Å². The molecule has 2 N–H and O–H groups in total. The van der Waals surface area contributed by atoms with Crippen LogP contribution in [0.1, 0.15) is 18.4 Å². The molecule has 1 fully saturated rings. The predicted octanol–water partition coefficient (Wildman–Crippen LogP) is 1.62. The third kappa shape index (κ3) is 3.83. The lowest BCUT2D eigenvalue weighted by molar-refractivity contribution is -0.122. The van der Waals surface area contributed by atoms with Crippen LogP contribution in [-0.2, 0) is 11.3 Å². The topological polar surface area (TPSA) is 50.4 Å². The Morgan fingerprint density at radius 3 is 3.11 bits per heavy atom. The number of hydrogen-bond donors (Lipinski definition) is 2. The Labute approximate surface area is 113 Å². The third-order valence-corrected chi connectivity index (χ3v) is 3.16. The Hall–Kier alpha value is -1.81. The van der Waals surface area contributed by atoms with E-state index in [9.17, 15) is 4.79 Å². The second-order valence-electron chi connectivity index (χ2n) is 4.57. The zero-order valence-corrected chi connectivity index (χ0v) is 11.0. The van der Waals surface area contributed by atoms with Gasteiger partial charge in [-0.15, -0.1) is 0 Å². The lowest BCUT2D eigenvalue weighted by atomic mass is 10.2. The zero-order valence-electron chi connectivity index (χ0n) is 11.0. The molecule has 19 heavy (non-hydrogen) atoms. The lowest BCUT2D eigenvalue weighted by Gasteiger charge is -2.13. The first kappa shape index (κ1) is 13.6. The first-order valence-electron chi connectivity index (χ1n) is 6.64. The lowest BCUT2D eigenvalue weighted by Crippen LogP contribution is -2.40. The second kappa shape index (κ2) is 6.95. The van der Waals surface area contributed by atoms with E-state index < -0.39 is 0 Å². The molecule has 2 rings (SSSR count). The van der Waals surface area contributed by atoms with Crippen molar-refractivity contribution in [3.05, 3.63) is 42.5 Å². The van der Waals surface area contributed by atoms with Gasteiger partial charge in [-0.3, -0.25) is 4.79 Å². The highest BCUT2D eigenvalue weighted by Gasteiger charge is 2.21. The van der Waals surface area contributed by atoms with E-state index in [0.29, 0.717) is 13.2 Å². The van der Waals surface area contributed by atoms with Crippen molar-refractivity contribution in [3.8, 4) is 5.75 Å². The molecule has 1 unspecified atom stereocenters. The first-order chi connectivity index (χ1) is 9.31. The number of benzene rings is 1. The van der Waals surface area contributed by atoms with Gasteiger partial charge in [-0.05, 0) is 25.5 Å². The van der Waals surface area contributed by atoms with Crippen LogP contribution in [0, 0.1) is 0 Å². The summed E-state index contributed by atoms with van der Waals surface area (Å²) in [5, 5.41) is 6.14. The summed E-state index contributed by atoms with van der Waals surface area (Å²) in [4.78, 5) is 11.9. The van der Waals surface area contributed by atoms with Gasteiger partial charge in [0.05, 0.1) is 6.04 Å². The monoisotopic (exact) mass is 260 g/mol. The van der Waals surface area contributed by atoms with Crippen LogP contribution in [0.5, 0.6) is 5.75 Å². The average Bonchev–Trinajstić information content (AvgIpc) is 2.97. The Balaban J connectivity index is 1.90. The van der Waals surface area contributed by atoms with Crippen molar-refractivity contribution < 1.29 is 9.53 Å². The van der Waals surface area contributed by atoms with Gasteiger partial charge in [0.25, 0.3) is 0 Å². The number of carbonyl (C=O) groups is 1. The molecule has 4 nitrogen and oxygen atoms in total. The van der Waals surface area contributed by atoms with Crippen LogP contribution in [-0.4, -0.2) is 25.1 Å². The number of ether oxygens (including phenoxy) is 1. The van der Waals surface area contributed by atoms with Crippen molar-refractivity contribution in [1.82, 2.24) is 10.6 Å². The molecule has 102 valence electrons. The minimum atomic E-state index is -0.0405. The highest BCUT2D eigenvalue weighted by molar-refractivity contribution is 5.82. The first-order valence-corrected chi connectivity index (χ1v) is 6.64. The fourth-order valence-electron chi connectivity index (χ4n) is 2.15. The molecule has 1 aromatic carbocycles. The Morgan fingerprint density at radius 1 is 1.53 bits per heavy atom. The number of para-hydroxylation sites is 1. The summed E-state index contributed by atoms with van der Waals surface area (Å²) >= 11 is 0. The minimum absolute atomic E-state index is 0.0405. The molecule has 1 atom stereocenters. The summed E-state index contributed by atoms with van der Waals surface area (Å²) in [5.41, 5.74) is 0.982. The van der Waals surface area contributed by atoms with E-state index in [-0.39, 0.29) is 11.9 Å². The zero-order chi connectivity index (χ0) is 13.5. The van der Waals surface area contributed by atoms with Crippen LogP contribution in [0.3, 0.4) is 0 Å². The maximum atomic E-state index is 11.9. The SMILES string of the molecule is C=CCOc1ccccc1CNC(=O)C1CCCN1. The number of amides is 1. The predicted molar refractivity (Wildman–Crippen MR) is 75.0 cm³/mol. The van der Waals surface area contributed by atoms with Gasteiger partial charge >= 0.3 is 0 Å². The van der Waals surface area contributed by atoms with Crippen LogP contribution >= 0.6 is 0 Å². The molecule has 0 aromatic heterocycles. The maximum Gasteiger partial charge on any atom is 0.237 e. The van der Waals surface area contributed by atoms with E-state index in [2.05, 4.69) is 17.2 Å². The van der Waals surface area contributed by atoms with E-state index >= 15 is 0 Å². The molecule has 1 amide bonds. The van der Waals surface area contributed by atoms with Crippen molar-refractivity contribution in [2.75, 3.05) is 13.2 Å². The average molecular weight is 260 g/mol. The van der Waals surface area contributed by atoms with Crippen LogP contribution in [0.15, 0.2) is 36.9 Å². The quantitative estimate of drug-likeness (QED) is 0.764. The van der Waals surface area contributed by atoms with Crippen LogP contribution < -0.4 is 15.4 Å². The summed E-state index contributed by atoms with van der Waals surface area (Å²) in [6.45, 7) is 5.51. The number of hydrogen-bond acceptors (Lipinski definition) is 3. The summed E-state index contributed by atoms with van der Waals surface area (Å²) in [5.74, 6) is 0.859. The molecule has 1 aliphatic heterocycles. The maximum absolute atomic E-state index is 11.9. The molecule has 1 aliphatic rings. The summed E-state index contributed by atoms with van der Waals surface area (Å²) in [7, 11) is 0. The number of carbonyl (C=O) groups excluding carboxylic acids is 1. The second-order valence-corrected chi connectivity index (χ2v) is 4.57. The molecule has 0 bridgehead atoms. The van der Waals surface area contributed by atoms with Gasteiger partial charge in [0.2, 0.25) is 5.91 Å². The molecule has 0 saturated carbocycles. The van der Waals surface area contributed by atoms with Crippen molar-refractivity contribution in [3.63, 3.8) is 0 Å². The number of rotatable bonds is 6. The standard InChI is InChI=1S/C15H20N2O2/c1-2-10-19-14-8-4-3-6-12(14)11-17-15(18)13-7-5-9-16-13/h2-4,6,8,13,16H,1,5,7,9-11H2,(H,17,18). The van der Waals surface area contributed by atoms with Crippen molar-refractivity contribution >= 4 is 5.91 Å². The fourth-order valence-corrected chi connectivity index (χ4v) is 2.15. The van der Waals surface area contributed by atoms with E-state index in [1.54, 1.807) is 6.08 Å². The van der Waals surface area contributed by atoms with Crippen LogP contribution in [0.4, 0.5) is 0 Å². The van der Waals surface area contributed by atoms with E-state index in [1.807, 2.05) is 24.3 Å². The van der Waals surface area contributed by atoms with E-state index in [4.69, 9.17) is 4.74 Å². The van der Waals surface area contributed by atoms with Gasteiger partial charge in [-0.25, -0.2) is 0 Å². The number of nitrogens with one attached hydrogen (secondary N) is 2. The van der Waals surface area contributed by atoms with Gasteiger partial charge in [-0.2, -0.15) is 0 Å². The molecular weight excluding hydrogens is 240 g/mol. The van der Waals surface area contributed by atoms with Gasteiger partial charge < -0.3 is 15.4 Å². The van der Waals surface area contributed by atoms with Gasteiger partial charge in [0, 0.05) is 12.1 Å². The highest BCUT2D eigenvalue weighted by atomic mass is 16.5. The fraction of sp³-hybridized carbons (Fsp3) is 0.400. The Morgan fingerprint density at radius 2 is 2.37 bits per heavy atom. The van der Waals surface area contributed by atoms with Crippen molar-refractivity contribution in [2.45, 2.75) is 25.4 Å². The molecule has 1 heterocycles. The van der Waals surface area contributed by atoms with Crippen LogP contribution in [0.25, 0.3) is 0 Å². The molecule has 4 heteroatoms. The van der Waals surface area contributed by atoms with E-state index in [1.165, 1.54) is 0 Å². The molecule has 0 radical (unpaired) electrons. The molecule has 1 saturated heterocycles. The van der Waals surface area contributed by atoms with Gasteiger partial charge in [0.15, 0.2) is 0 Å². The smallest absolute Gasteiger partial charge is 0.237 e. The molecular formula is C15H20N2O2. The molecule has 0 aliphatic carbocycles. The largest absolute Gasteiger partial charge is 0.489 e. The van der Waals surface area contributed by atoms with E-state index in [0.717, 1.165) is 30.7 Å². The molecule has 1 aromatic rings. The van der Waals surface area contributed by atoms with Crippen LogP contribution in [0.2, 0.25) is 0 Å². The minimum Gasteiger partial charge on any atom is -0.489 e.